The van der Waals surface area contributed by atoms with Gasteiger partial charge in [0.15, 0.2) is 0 Å². The van der Waals surface area contributed by atoms with Crippen molar-refractivity contribution in [3.05, 3.63) is 71.9 Å². The van der Waals surface area contributed by atoms with E-state index < -0.39 is 72.0 Å². The van der Waals surface area contributed by atoms with Gasteiger partial charge in [0.1, 0.15) is 17.7 Å². The van der Waals surface area contributed by atoms with Gasteiger partial charge >= 0.3 is 12.1 Å². The lowest BCUT2D eigenvalue weighted by atomic mass is 9.93. The van der Waals surface area contributed by atoms with Crippen LogP contribution in [0.15, 0.2) is 60.8 Å². The maximum absolute atomic E-state index is 14.1. The number of aromatic amines is 1. The molecule has 1 aromatic heterocycles. The summed E-state index contributed by atoms with van der Waals surface area (Å²) < 4.78 is 5.49. The van der Waals surface area contributed by atoms with E-state index in [1.807, 2.05) is 61.5 Å². The molecule has 0 bridgehead atoms. The van der Waals surface area contributed by atoms with Gasteiger partial charge in [-0.3, -0.25) is 24.5 Å². The predicted molar refractivity (Wildman–Crippen MR) is 184 cm³/mol. The summed E-state index contributed by atoms with van der Waals surface area (Å²) >= 11 is 0. The molecule has 0 unspecified atom stereocenters. The van der Waals surface area contributed by atoms with Crippen molar-refractivity contribution in [2.24, 2.45) is 5.73 Å². The first-order valence-electron chi connectivity index (χ1n) is 16.7. The van der Waals surface area contributed by atoms with E-state index in [2.05, 4.69) is 20.9 Å². The number of primary amides is 1. The number of nitrogens with zero attached hydrogens (tertiary/aromatic N) is 1. The van der Waals surface area contributed by atoms with Gasteiger partial charge < -0.3 is 36.1 Å². The number of carboxylic acids is 1. The van der Waals surface area contributed by atoms with Gasteiger partial charge in [-0.05, 0) is 44.4 Å². The highest BCUT2D eigenvalue weighted by molar-refractivity contribution is 5.92. The molecule has 0 aliphatic carbocycles. The third-order valence-corrected chi connectivity index (χ3v) is 8.53. The number of para-hydroxylation sites is 1. The Kier molecular flexibility index (Phi) is 12.4. The summed E-state index contributed by atoms with van der Waals surface area (Å²) in [6.45, 7) is 7.19. The number of hydrogen-bond donors (Lipinski definition) is 6. The van der Waals surface area contributed by atoms with Crippen LogP contribution in [-0.4, -0.2) is 87.1 Å². The Hall–Kier alpha value is -4.91. The average Bonchev–Trinajstić information content (AvgIpc) is 3.44. The van der Waals surface area contributed by atoms with E-state index in [9.17, 15) is 29.1 Å². The minimum atomic E-state index is -1.19. The van der Waals surface area contributed by atoms with Gasteiger partial charge in [0.25, 0.3) is 0 Å². The van der Waals surface area contributed by atoms with Crippen molar-refractivity contribution in [2.75, 3.05) is 6.54 Å². The van der Waals surface area contributed by atoms with Crippen molar-refractivity contribution in [3.63, 3.8) is 0 Å². The number of rotatable bonds is 15. The number of fused-ring (bicyclic) bond motifs is 1. The first-order valence-corrected chi connectivity index (χ1v) is 16.7. The Morgan fingerprint density at radius 1 is 1.04 bits per heavy atom. The number of carbonyl (C=O) groups excluding carboxylic acids is 4. The molecule has 1 fully saturated rings. The molecule has 13 nitrogen and oxygen atoms in total. The molecular weight excluding hydrogens is 628 g/mol. The van der Waals surface area contributed by atoms with Crippen molar-refractivity contribution < 1.29 is 33.8 Å². The summed E-state index contributed by atoms with van der Waals surface area (Å²) in [6, 6.07) is 12.3. The molecule has 0 spiro atoms. The fourth-order valence-electron chi connectivity index (χ4n) is 6.19. The zero-order valence-corrected chi connectivity index (χ0v) is 28.5. The minimum absolute atomic E-state index is 0.00331. The van der Waals surface area contributed by atoms with Crippen molar-refractivity contribution in [1.29, 1.82) is 0 Å². The number of nitrogens with one attached hydrogen (secondary N) is 4. The summed E-state index contributed by atoms with van der Waals surface area (Å²) in [5.41, 5.74) is 7.53. The molecule has 1 aliphatic rings. The number of unbranched alkanes of at least 4 members (excludes halogenated alkanes) is 1. The molecule has 49 heavy (non-hydrogen) atoms. The largest absolute Gasteiger partial charge is 0.481 e. The van der Waals surface area contributed by atoms with E-state index in [1.165, 1.54) is 4.90 Å². The highest BCUT2D eigenvalue weighted by Crippen LogP contribution is 2.22. The van der Waals surface area contributed by atoms with E-state index in [0.29, 0.717) is 12.8 Å². The monoisotopic (exact) mass is 676 g/mol. The summed E-state index contributed by atoms with van der Waals surface area (Å²) in [5, 5.41) is 19.6. The second kappa shape index (κ2) is 16.5. The van der Waals surface area contributed by atoms with Crippen LogP contribution >= 0.6 is 0 Å². The number of aromatic nitrogens is 1. The van der Waals surface area contributed by atoms with Crippen molar-refractivity contribution in [3.8, 4) is 0 Å². The van der Waals surface area contributed by atoms with E-state index in [0.717, 1.165) is 28.5 Å². The normalized spacial score (nSPS) is 18.4. The molecule has 1 aliphatic heterocycles. The highest BCUT2D eigenvalue weighted by Gasteiger charge is 2.43. The number of carboxylic acid groups (broad SMARTS) is 1. The van der Waals surface area contributed by atoms with Gasteiger partial charge in [-0.2, -0.15) is 0 Å². The number of ether oxygens (including phenoxy) is 1. The van der Waals surface area contributed by atoms with E-state index in [-0.39, 0.29) is 19.4 Å². The third-order valence-electron chi connectivity index (χ3n) is 8.53. The standard InChI is InChI=1S/C36H48N6O7/c1-5-6-15-26(29-21-42(34(47)28(39-29)19-31(43)44)30(32(37)45)17-22-12-8-7-9-13-22)40-33(46)27(41-35(48)49-36(2,3)4)18-23-20-38-25-16-11-10-14-24(23)25/h7-14,16,20,26-30,38-39H,5-6,15,17-19,21H2,1-4H3,(H2,37,45)(H,40,46)(H,41,48)(H,43,44)/t26-,27-,28-,29-,30-/m0/s1. The smallest absolute Gasteiger partial charge is 0.408 e. The number of aliphatic carboxylic acids is 1. The van der Waals surface area contributed by atoms with Crippen LogP contribution in [0.4, 0.5) is 4.79 Å². The van der Waals surface area contributed by atoms with Gasteiger partial charge in [-0.15, -0.1) is 0 Å². The summed E-state index contributed by atoms with van der Waals surface area (Å²) in [5.74, 6) is -2.95. The van der Waals surface area contributed by atoms with Gasteiger partial charge in [0.05, 0.1) is 12.5 Å². The molecule has 13 heteroatoms. The Morgan fingerprint density at radius 2 is 1.73 bits per heavy atom. The van der Waals surface area contributed by atoms with Crippen LogP contribution in [0.1, 0.15) is 64.5 Å². The number of benzene rings is 2. The fourth-order valence-corrected chi connectivity index (χ4v) is 6.19. The molecule has 1 saturated heterocycles. The molecule has 4 amide bonds. The second-order valence-electron chi connectivity index (χ2n) is 13.5. The van der Waals surface area contributed by atoms with Crippen LogP contribution in [-0.2, 0) is 36.8 Å². The molecule has 4 rings (SSSR count). The molecule has 264 valence electrons. The maximum Gasteiger partial charge on any atom is 0.408 e. The number of alkyl carbamates (subject to hydrolysis) is 1. The summed E-state index contributed by atoms with van der Waals surface area (Å²) in [7, 11) is 0. The van der Waals surface area contributed by atoms with Crippen molar-refractivity contribution in [1.82, 2.24) is 25.8 Å². The van der Waals surface area contributed by atoms with Crippen LogP contribution in [0, 0.1) is 0 Å². The van der Waals surface area contributed by atoms with E-state index in [1.54, 1.807) is 27.0 Å². The molecule has 0 saturated carbocycles. The Balaban J connectivity index is 1.64. The van der Waals surface area contributed by atoms with Gasteiger partial charge in [0, 0.05) is 48.6 Å². The van der Waals surface area contributed by atoms with Gasteiger partial charge in [0.2, 0.25) is 17.7 Å². The number of hydrogen-bond acceptors (Lipinski definition) is 7. The lowest BCUT2D eigenvalue weighted by Crippen LogP contribution is -2.69. The Labute approximate surface area is 286 Å². The number of piperazine rings is 1. The molecular formula is C36H48N6O7. The number of amides is 4. The lowest BCUT2D eigenvalue weighted by Gasteiger charge is -2.44. The van der Waals surface area contributed by atoms with Crippen molar-refractivity contribution >= 4 is 40.7 Å². The Bertz CT molecular complexity index is 1620. The number of carbonyl (C=O) groups is 5. The lowest BCUT2D eigenvalue weighted by molar-refractivity contribution is -0.149. The number of nitrogens with two attached hydrogens (primary N) is 1. The topological polar surface area (TPSA) is 196 Å². The van der Waals surface area contributed by atoms with Crippen LogP contribution in [0.5, 0.6) is 0 Å². The first-order chi connectivity index (χ1) is 23.3. The predicted octanol–water partition coefficient (Wildman–Crippen LogP) is 3.02. The number of H-pyrrole nitrogens is 1. The van der Waals surface area contributed by atoms with Gasteiger partial charge in [-0.1, -0.05) is 68.3 Å². The molecule has 2 aromatic carbocycles. The zero-order chi connectivity index (χ0) is 35.7. The molecule has 3 aromatic rings. The first kappa shape index (κ1) is 36.9. The van der Waals surface area contributed by atoms with Crippen LogP contribution in [0.3, 0.4) is 0 Å². The molecule has 2 heterocycles. The fraction of sp³-hybridized carbons (Fsp3) is 0.472. The zero-order valence-electron chi connectivity index (χ0n) is 28.5. The molecule has 7 N–H and O–H groups in total. The SMILES string of the molecule is CCCC[C@H](NC(=O)[C@H](Cc1c[nH]c2ccccc12)NC(=O)OC(C)(C)C)[C@@H]1CN([C@@H](Cc2ccccc2)C(N)=O)C(=O)[C@H](CC(=O)O)N1. The third kappa shape index (κ3) is 10.3. The van der Waals surface area contributed by atoms with Crippen molar-refractivity contribution in [2.45, 2.75) is 102 Å². The minimum Gasteiger partial charge on any atom is -0.481 e. The molecule has 0 radical (unpaired) electrons. The van der Waals surface area contributed by atoms with Crippen LogP contribution in [0.25, 0.3) is 10.9 Å². The molecule has 5 atom stereocenters. The summed E-state index contributed by atoms with van der Waals surface area (Å²) in [6.07, 6.45) is 2.80. The maximum atomic E-state index is 14.1. The quantitative estimate of drug-likeness (QED) is 0.141. The van der Waals surface area contributed by atoms with Gasteiger partial charge in [-0.25, -0.2) is 4.79 Å². The summed E-state index contributed by atoms with van der Waals surface area (Å²) in [4.78, 5) is 70.0. The average molecular weight is 677 g/mol. The highest BCUT2D eigenvalue weighted by atomic mass is 16.6. The Morgan fingerprint density at radius 3 is 2.39 bits per heavy atom. The van der Waals surface area contributed by atoms with Crippen LogP contribution in [0.2, 0.25) is 0 Å². The van der Waals surface area contributed by atoms with E-state index >= 15 is 0 Å². The van der Waals surface area contributed by atoms with Crippen LogP contribution < -0.4 is 21.7 Å². The van der Waals surface area contributed by atoms with E-state index in [4.69, 9.17) is 10.5 Å². The second-order valence-corrected chi connectivity index (χ2v) is 13.5.